The van der Waals surface area contributed by atoms with Gasteiger partial charge in [0.05, 0.1) is 6.61 Å². The van der Waals surface area contributed by atoms with E-state index in [4.69, 9.17) is 9.47 Å². The number of ether oxygens (including phenoxy) is 2. The highest BCUT2D eigenvalue weighted by Gasteiger charge is 2.09. The Labute approximate surface area is 153 Å². The van der Waals surface area contributed by atoms with Gasteiger partial charge in [0.2, 0.25) is 0 Å². The standard InChI is InChI=1S/C20H24N2O4/c1-4-25-18-7-5-6-16(12-18)20(24)22-21-19(23)13-26-17-10-8-15(9-11-17)14(2)3/h5-12,14H,4,13H2,1-3H3,(H,21,23)(H,22,24). The van der Waals surface area contributed by atoms with Crippen LogP contribution in [0.15, 0.2) is 48.5 Å². The fourth-order valence-corrected chi connectivity index (χ4v) is 2.23. The van der Waals surface area contributed by atoms with Gasteiger partial charge in [-0.1, -0.05) is 32.0 Å². The molecule has 2 amide bonds. The molecule has 0 saturated heterocycles. The summed E-state index contributed by atoms with van der Waals surface area (Å²) in [5.74, 6) is 0.747. The molecule has 0 atom stereocenters. The summed E-state index contributed by atoms with van der Waals surface area (Å²) < 4.78 is 10.8. The van der Waals surface area contributed by atoms with Gasteiger partial charge in [0.25, 0.3) is 11.8 Å². The molecular weight excluding hydrogens is 332 g/mol. The third-order valence-corrected chi connectivity index (χ3v) is 3.64. The van der Waals surface area contributed by atoms with E-state index in [0.717, 1.165) is 0 Å². The molecule has 138 valence electrons. The summed E-state index contributed by atoms with van der Waals surface area (Å²) in [6.45, 7) is 6.40. The lowest BCUT2D eigenvalue weighted by atomic mass is 10.0. The van der Waals surface area contributed by atoms with Crippen LogP contribution in [-0.4, -0.2) is 25.0 Å². The van der Waals surface area contributed by atoms with Crippen molar-refractivity contribution < 1.29 is 19.1 Å². The molecule has 26 heavy (non-hydrogen) atoms. The number of nitrogens with one attached hydrogen (secondary N) is 2. The lowest BCUT2D eigenvalue weighted by Gasteiger charge is -2.10. The minimum atomic E-state index is -0.452. The number of carbonyl (C=O) groups is 2. The van der Waals surface area contributed by atoms with Gasteiger partial charge in [-0.3, -0.25) is 20.4 Å². The predicted octanol–water partition coefficient (Wildman–Crippen LogP) is 3.05. The van der Waals surface area contributed by atoms with Gasteiger partial charge < -0.3 is 9.47 Å². The molecule has 2 N–H and O–H groups in total. The van der Waals surface area contributed by atoms with Gasteiger partial charge in [-0.25, -0.2) is 0 Å². The summed E-state index contributed by atoms with van der Waals surface area (Å²) in [6.07, 6.45) is 0. The van der Waals surface area contributed by atoms with Gasteiger partial charge >= 0.3 is 0 Å². The molecule has 0 unspecified atom stereocenters. The number of amides is 2. The Bertz CT molecular complexity index is 742. The Morgan fingerprint density at radius 3 is 2.35 bits per heavy atom. The maximum Gasteiger partial charge on any atom is 0.276 e. The summed E-state index contributed by atoms with van der Waals surface area (Å²) in [4.78, 5) is 23.9. The Balaban J connectivity index is 1.79. The largest absolute Gasteiger partial charge is 0.494 e. The van der Waals surface area contributed by atoms with E-state index in [9.17, 15) is 9.59 Å². The molecule has 0 aliphatic rings. The Kier molecular flexibility index (Phi) is 7.02. The smallest absolute Gasteiger partial charge is 0.276 e. The monoisotopic (exact) mass is 356 g/mol. The van der Waals surface area contributed by atoms with E-state index < -0.39 is 11.8 Å². The molecule has 2 rings (SSSR count). The van der Waals surface area contributed by atoms with Crippen LogP contribution >= 0.6 is 0 Å². The van der Waals surface area contributed by atoms with Crippen LogP contribution in [0.4, 0.5) is 0 Å². The molecule has 0 heterocycles. The first-order chi connectivity index (χ1) is 12.5. The molecule has 6 nitrogen and oxygen atoms in total. The lowest BCUT2D eigenvalue weighted by molar-refractivity contribution is -0.123. The van der Waals surface area contributed by atoms with Crippen LogP contribution < -0.4 is 20.3 Å². The number of carbonyl (C=O) groups excluding carboxylic acids is 2. The van der Waals surface area contributed by atoms with Gasteiger partial charge in [0.15, 0.2) is 6.61 Å². The van der Waals surface area contributed by atoms with Gasteiger partial charge in [-0.05, 0) is 48.7 Å². The van der Waals surface area contributed by atoms with Crippen LogP contribution in [0.25, 0.3) is 0 Å². The Morgan fingerprint density at radius 2 is 1.69 bits per heavy atom. The highest BCUT2D eigenvalue weighted by molar-refractivity contribution is 5.95. The normalized spacial score (nSPS) is 10.3. The first kappa shape index (κ1) is 19.3. The molecule has 2 aromatic carbocycles. The van der Waals surface area contributed by atoms with Crippen molar-refractivity contribution in [3.8, 4) is 11.5 Å². The predicted molar refractivity (Wildman–Crippen MR) is 99.2 cm³/mol. The minimum absolute atomic E-state index is 0.194. The summed E-state index contributed by atoms with van der Waals surface area (Å²) >= 11 is 0. The molecule has 0 radical (unpaired) electrons. The van der Waals surface area contributed by atoms with Crippen LogP contribution in [0.3, 0.4) is 0 Å². The SMILES string of the molecule is CCOc1cccc(C(=O)NNC(=O)COc2ccc(C(C)C)cc2)c1. The van der Waals surface area contributed by atoms with Crippen molar-refractivity contribution in [3.05, 3.63) is 59.7 Å². The summed E-state index contributed by atoms with van der Waals surface area (Å²) in [6, 6.07) is 14.3. The van der Waals surface area contributed by atoms with Crippen molar-refractivity contribution in [2.45, 2.75) is 26.7 Å². The maximum atomic E-state index is 12.1. The van der Waals surface area contributed by atoms with E-state index in [1.807, 2.05) is 31.2 Å². The Morgan fingerprint density at radius 1 is 0.962 bits per heavy atom. The third kappa shape index (κ3) is 5.81. The first-order valence-electron chi connectivity index (χ1n) is 8.54. The van der Waals surface area contributed by atoms with Crippen molar-refractivity contribution in [2.24, 2.45) is 0 Å². The van der Waals surface area contributed by atoms with Crippen molar-refractivity contribution in [2.75, 3.05) is 13.2 Å². The maximum absolute atomic E-state index is 12.1. The quantitative estimate of drug-likeness (QED) is 0.748. The minimum Gasteiger partial charge on any atom is -0.494 e. The van der Waals surface area contributed by atoms with Gasteiger partial charge in [0, 0.05) is 5.56 Å². The highest BCUT2D eigenvalue weighted by atomic mass is 16.5. The average Bonchev–Trinajstić information content (AvgIpc) is 2.65. The van der Waals surface area contributed by atoms with E-state index in [2.05, 4.69) is 24.7 Å². The van der Waals surface area contributed by atoms with E-state index in [1.54, 1.807) is 24.3 Å². The molecule has 0 fully saturated rings. The van der Waals surface area contributed by atoms with E-state index in [-0.39, 0.29) is 6.61 Å². The molecule has 0 bridgehead atoms. The molecule has 0 aliphatic heterocycles. The van der Waals surface area contributed by atoms with Crippen LogP contribution in [-0.2, 0) is 4.79 Å². The zero-order valence-corrected chi connectivity index (χ0v) is 15.2. The topological polar surface area (TPSA) is 76.7 Å². The van der Waals surface area contributed by atoms with Crippen LogP contribution in [0.2, 0.25) is 0 Å². The second kappa shape index (κ2) is 9.46. The molecule has 0 saturated carbocycles. The number of benzene rings is 2. The van der Waals surface area contributed by atoms with Crippen molar-refractivity contribution in [1.29, 1.82) is 0 Å². The summed E-state index contributed by atoms with van der Waals surface area (Å²) in [7, 11) is 0. The number of hydrogen-bond donors (Lipinski definition) is 2. The highest BCUT2D eigenvalue weighted by Crippen LogP contribution is 2.18. The summed E-state index contributed by atoms with van der Waals surface area (Å²) in [5.41, 5.74) is 6.27. The number of hydrogen-bond acceptors (Lipinski definition) is 4. The molecular formula is C20H24N2O4. The van der Waals surface area contributed by atoms with E-state index in [1.165, 1.54) is 5.56 Å². The molecule has 6 heteroatoms. The van der Waals surface area contributed by atoms with Gasteiger partial charge in [0.1, 0.15) is 11.5 Å². The number of hydrazine groups is 1. The molecule has 0 spiro atoms. The zero-order valence-electron chi connectivity index (χ0n) is 15.2. The van der Waals surface area contributed by atoms with Gasteiger partial charge in [-0.2, -0.15) is 0 Å². The average molecular weight is 356 g/mol. The van der Waals surface area contributed by atoms with Crippen molar-refractivity contribution in [3.63, 3.8) is 0 Å². The van der Waals surface area contributed by atoms with Crippen LogP contribution in [0, 0.1) is 0 Å². The lowest BCUT2D eigenvalue weighted by Crippen LogP contribution is -2.43. The van der Waals surface area contributed by atoms with Crippen LogP contribution in [0.1, 0.15) is 42.6 Å². The molecule has 0 aromatic heterocycles. The fourth-order valence-electron chi connectivity index (χ4n) is 2.23. The second-order valence-electron chi connectivity index (χ2n) is 5.98. The van der Waals surface area contributed by atoms with Crippen LogP contribution in [0.5, 0.6) is 11.5 Å². The molecule has 2 aromatic rings. The number of rotatable bonds is 7. The Hall–Kier alpha value is -3.02. The van der Waals surface area contributed by atoms with E-state index in [0.29, 0.717) is 29.6 Å². The summed E-state index contributed by atoms with van der Waals surface area (Å²) in [5, 5.41) is 0. The van der Waals surface area contributed by atoms with Gasteiger partial charge in [-0.15, -0.1) is 0 Å². The van der Waals surface area contributed by atoms with Crippen molar-refractivity contribution in [1.82, 2.24) is 10.9 Å². The fraction of sp³-hybridized carbons (Fsp3) is 0.300. The first-order valence-corrected chi connectivity index (χ1v) is 8.54. The third-order valence-electron chi connectivity index (χ3n) is 3.64. The van der Waals surface area contributed by atoms with Crippen molar-refractivity contribution >= 4 is 11.8 Å². The molecule has 0 aliphatic carbocycles. The second-order valence-corrected chi connectivity index (χ2v) is 5.98. The van der Waals surface area contributed by atoms with E-state index >= 15 is 0 Å². The zero-order chi connectivity index (χ0) is 18.9.